The quantitative estimate of drug-likeness (QED) is 0.400. The third-order valence-electron chi connectivity index (χ3n) is 5.34. The van der Waals surface area contributed by atoms with E-state index in [-0.39, 0.29) is 11.4 Å². The summed E-state index contributed by atoms with van der Waals surface area (Å²) in [4.78, 5) is 17.0. The lowest BCUT2D eigenvalue weighted by Gasteiger charge is -2.24. The number of pyridine rings is 1. The van der Waals surface area contributed by atoms with Gasteiger partial charge >= 0.3 is 0 Å². The standard InChI is InChI=1S/C27H25N3O3S/c1-21-7-13-26(14-8-21)34(32,33)30(25-5-3-2-4-6-25)20-27(31)29-24-11-9-22(10-12-24)19-23-15-17-28-18-16-23/h2-18H,19-20H2,1H3,(H,29,31). The number of benzene rings is 3. The van der Waals surface area contributed by atoms with Gasteiger partial charge in [0.2, 0.25) is 5.91 Å². The van der Waals surface area contributed by atoms with Gasteiger partial charge in [0.25, 0.3) is 10.0 Å². The number of rotatable bonds is 8. The molecule has 34 heavy (non-hydrogen) atoms. The van der Waals surface area contributed by atoms with Gasteiger partial charge in [0, 0.05) is 18.1 Å². The van der Waals surface area contributed by atoms with Crippen molar-refractivity contribution in [1.29, 1.82) is 0 Å². The molecule has 0 aliphatic carbocycles. The van der Waals surface area contributed by atoms with E-state index in [0.29, 0.717) is 11.4 Å². The first kappa shape index (κ1) is 23.2. The van der Waals surface area contributed by atoms with E-state index in [2.05, 4.69) is 10.3 Å². The summed E-state index contributed by atoms with van der Waals surface area (Å²) in [7, 11) is -3.93. The van der Waals surface area contributed by atoms with Crippen molar-refractivity contribution in [2.45, 2.75) is 18.2 Å². The zero-order valence-corrected chi connectivity index (χ0v) is 19.6. The van der Waals surface area contributed by atoms with Crippen LogP contribution in [0.5, 0.6) is 0 Å². The van der Waals surface area contributed by atoms with Crippen molar-refractivity contribution < 1.29 is 13.2 Å². The van der Waals surface area contributed by atoms with Crippen LogP contribution < -0.4 is 9.62 Å². The molecule has 7 heteroatoms. The monoisotopic (exact) mass is 471 g/mol. The third kappa shape index (κ3) is 5.68. The summed E-state index contributed by atoms with van der Waals surface area (Å²) < 4.78 is 27.9. The van der Waals surface area contributed by atoms with Crippen molar-refractivity contribution in [2.24, 2.45) is 0 Å². The second kappa shape index (κ2) is 10.3. The lowest BCUT2D eigenvalue weighted by molar-refractivity contribution is -0.114. The molecule has 6 nitrogen and oxygen atoms in total. The highest BCUT2D eigenvalue weighted by atomic mass is 32.2. The maximum absolute atomic E-state index is 13.4. The lowest BCUT2D eigenvalue weighted by atomic mass is 10.1. The molecule has 0 radical (unpaired) electrons. The average molecular weight is 472 g/mol. The van der Waals surface area contributed by atoms with Crippen molar-refractivity contribution in [3.05, 3.63) is 120 Å². The summed E-state index contributed by atoms with van der Waals surface area (Å²) in [6, 6.07) is 26.7. The number of aromatic nitrogens is 1. The Morgan fingerprint density at radius 3 is 2.09 bits per heavy atom. The van der Waals surface area contributed by atoms with Crippen LogP contribution in [0.2, 0.25) is 0 Å². The summed E-state index contributed by atoms with van der Waals surface area (Å²) in [5.74, 6) is -0.429. The van der Waals surface area contributed by atoms with Gasteiger partial charge in [0.1, 0.15) is 6.54 Å². The first-order valence-electron chi connectivity index (χ1n) is 10.8. The topological polar surface area (TPSA) is 79.4 Å². The smallest absolute Gasteiger partial charge is 0.264 e. The van der Waals surface area contributed by atoms with E-state index >= 15 is 0 Å². The number of anilines is 2. The summed E-state index contributed by atoms with van der Waals surface area (Å²) in [6.45, 7) is 1.54. The van der Waals surface area contributed by atoms with Crippen LogP contribution in [0.25, 0.3) is 0 Å². The van der Waals surface area contributed by atoms with Crippen LogP contribution in [-0.4, -0.2) is 25.9 Å². The predicted molar refractivity (Wildman–Crippen MR) is 134 cm³/mol. The molecule has 1 N–H and O–H groups in total. The summed E-state index contributed by atoms with van der Waals surface area (Å²) in [5, 5.41) is 2.81. The Labute approximate surface area is 200 Å². The predicted octanol–water partition coefficient (Wildman–Crippen LogP) is 4.81. The first-order chi connectivity index (χ1) is 16.4. The zero-order valence-electron chi connectivity index (χ0n) is 18.8. The second-order valence-electron chi connectivity index (χ2n) is 7.94. The molecule has 1 heterocycles. The number of aryl methyl sites for hydroxylation is 1. The minimum atomic E-state index is -3.93. The van der Waals surface area contributed by atoms with Crippen molar-refractivity contribution in [2.75, 3.05) is 16.2 Å². The molecule has 0 atom stereocenters. The normalized spacial score (nSPS) is 11.1. The van der Waals surface area contributed by atoms with Crippen molar-refractivity contribution in [3.63, 3.8) is 0 Å². The molecule has 0 saturated heterocycles. The zero-order chi connectivity index (χ0) is 24.0. The van der Waals surface area contributed by atoms with Gasteiger partial charge in [-0.2, -0.15) is 0 Å². The van der Waals surface area contributed by atoms with Crippen LogP contribution >= 0.6 is 0 Å². The minimum Gasteiger partial charge on any atom is -0.325 e. The molecule has 0 aliphatic rings. The molecule has 4 aromatic rings. The highest BCUT2D eigenvalue weighted by Crippen LogP contribution is 2.24. The molecule has 0 saturated carbocycles. The molecule has 0 aliphatic heterocycles. The van der Waals surface area contributed by atoms with Gasteiger partial charge in [-0.1, -0.05) is 48.0 Å². The summed E-state index contributed by atoms with van der Waals surface area (Å²) in [6.07, 6.45) is 4.27. The maximum Gasteiger partial charge on any atom is 0.264 e. The molecule has 172 valence electrons. The van der Waals surface area contributed by atoms with Gasteiger partial charge in [-0.15, -0.1) is 0 Å². The van der Waals surface area contributed by atoms with Gasteiger partial charge in [-0.25, -0.2) is 8.42 Å². The van der Waals surface area contributed by atoms with Crippen LogP contribution in [0.15, 0.2) is 108 Å². The Morgan fingerprint density at radius 1 is 0.824 bits per heavy atom. The number of sulfonamides is 1. The minimum absolute atomic E-state index is 0.134. The number of nitrogens with zero attached hydrogens (tertiary/aromatic N) is 2. The van der Waals surface area contributed by atoms with E-state index in [4.69, 9.17) is 0 Å². The molecule has 1 aromatic heterocycles. The van der Waals surface area contributed by atoms with E-state index in [1.54, 1.807) is 67.0 Å². The number of para-hydroxylation sites is 1. The Hall–Kier alpha value is -3.97. The van der Waals surface area contributed by atoms with E-state index in [1.807, 2.05) is 43.3 Å². The summed E-state index contributed by atoms with van der Waals surface area (Å²) >= 11 is 0. The van der Waals surface area contributed by atoms with Gasteiger partial charge in [-0.3, -0.25) is 14.1 Å². The average Bonchev–Trinajstić information content (AvgIpc) is 2.85. The van der Waals surface area contributed by atoms with Crippen molar-refractivity contribution >= 4 is 27.3 Å². The second-order valence-corrected chi connectivity index (χ2v) is 9.80. The lowest BCUT2D eigenvalue weighted by Crippen LogP contribution is -2.38. The molecular weight excluding hydrogens is 446 g/mol. The number of hydrogen-bond acceptors (Lipinski definition) is 4. The molecule has 0 spiro atoms. The fourth-order valence-electron chi connectivity index (χ4n) is 3.52. The number of carbonyl (C=O) groups is 1. The number of hydrogen-bond donors (Lipinski definition) is 1. The van der Waals surface area contributed by atoms with Crippen LogP contribution in [-0.2, 0) is 21.2 Å². The maximum atomic E-state index is 13.4. The van der Waals surface area contributed by atoms with Gasteiger partial charge in [0.05, 0.1) is 10.6 Å². The van der Waals surface area contributed by atoms with Crippen LogP contribution in [0.4, 0.5) is 11.4 Å². The van der Waals surface area contributed by atoms with E-state index in [0.717, 1.165) is 27.4 Å². The molecule has 1 amide bonds. The number of carbonyl (C=O) groups excluding carboxylic acids is 1. The van der Waals surface area contributed by atoms with E-state index in [1.165, 1.54) is 0 Å². The molecule has 0 unspecified atom stereocenters. The number of amides is 1. The van der Waals surface area contributed by atoms with Crippen LogP contribution in [0.3, 0.4) is 0 Å². The highest BCUT2D eigenvalue weighted by Gasteiger charge is 2.27. The molecule has 4 rings (SSSR count). The molecule has 0 fully saturated rings. The van der Waals surface area contributed by atoms with E-state index in [9.17, 15) is 13.2 Å². The Morgan fingerprint density at radius 2 is 1.44 bits per heavy atom. The Balaban J connectivity index is 1.50. The fraction of sp³-hybridized carbons (Fsp3) is 0.111. The molecule has 0 bridgehead atoms. The highest BCUT2D eigenvalue weighted by molar-refractivity contribution is 7.92. The van der Waals surface area contributed by atoms with Crippen molar-refractivity contribution in [1.82, 2.24) is 4.98 Å². The van der Waals surface area contributed by atoms with Crippen LogP contribution in [0, 0.1) is 6.92 Å². The van der Waals surface area contributed by atoms with Gasteiger partial charge in [0.15, 0.2) is 0 Å². The van der Waals surface area contributed by atoms with Crippen molar-refractivity contribution in [3.8, 4) is 0 Å². The molecular formula is C27H25N3O3S. The fourth-order valence-corrected chi connectivity index (χ4v) is 4.94. The van der Waals surface area contributed by atoms with Gasteiger partial charge in [-0.05, 0) is 73.0 Å². The first-order valence-corrected chi connectivity index (χ1v) is 12.3. The van der Waals surface area contributed by atoms with E-state index < -0.39 is 15.9 Å². The number of nitrogens with one attached hydrogen (secondary N) is 1. The van der Waals surface area contributed by atoms with Gasteiger partial charge < -0.3 is 5.32 Å². The SMILES string of the molecule is Cc1ccc(S(=O)(=O)N(CC(=O)Nc2ccc(Cc3ccncc3)cc2)c2ccccc2)cc1. The largest absolute Gasteiger partial charge is 0.325 e. The Bertz CT molecular complexity index is 1340. The molecule has 3 aromatic carbocycles. The van der Waals surface area contributed by atoms with Crippen LogP contribution in [0.1, 0.15) is 16.7 Å². The Kier molecular flexibility index (Phi) is 7.04. The third-order valence-corrected chi connectivity index (χ3v) is 7.12. The summed E-state index contributed by atoms with van der Waals surface area (Å²) in [5.41, 5.74) is 4.22.